The Kier molecular flexibility index (Phi) is 8.74. The smallest absolute Gasteiger partial charge is 0.284 e. The maximum absolute atomic E-state index is 13.1. The van der Waals surface area contributed by atoms with Crippen molar-refractivity contribution in [3.63, 3.8) is 0 Å². The van der Waals surface area contributed by atoms with E-state index in [-0.39, 0.29) is 31.0 Å². The number of nitrogens with one attached hydrogen (secondary N) is 3. The first-order valence-corrected chi connectivity index (χ1v) is 13.1. The van der Waals surface area contributed by atoms with Crippen LogP contribution in [0.4, 0.5) is 5.69 Å². The average Bonchev–Trinajstić information content (AvgIpc) is 3.23. The molecule has 4 N–H and O–H groups in total. The summed E-state index contributed by atoms with van der Waals surface area (Å²) in [7, 11) is 0. The quantitative estimate of drug-likeness (QED) is 0.230. The second kappa shape index (κ2) is 11.8. The van der Waals surface area contributed by atoms with Crippen molar-refractivity contribution in [3.8, 4) is 17.1 Å². The molecule has 2 aliphatic rings. The minimum Gasteiger partial charge on any atom is -0.395 e. The van der Waals surface area contributed by atoms with E-state index in [1.807, 2.05) is 26.0 Å². The Balaban J connectivity index is 1.63. The fraction of sp³-hybridized carbons (Fsp3) is 0.308. The van der Waals surface area contributed by atoms with Crippen LogP contribution in [-0.4, -0.2) is 50.0 Å². The summed E-state index contributed by atoms with van der Waals surface area (Å²) in [4.78, 5) is 34.2. The molecule has 4 rings (SSSR count). The van der Waals surface area contributed by atoms with Crippen LogP contribution in [0.1, 0.15) is 43.8 Å². The number of hydrogen-bond donors (Lipinski definition) is 4. The van der Waals surface area contributed by atoms with E-state index >= 15 is 0 Å². The maximum Gasteiger partial charge on any atom is 0.284 e. The van der Waals surface area contributed by atoms with Crippen LogP contribution in [0, 0.1) is 0 Å². The first kappa shape index (κ1) is 28.1. The Bertz CT molecular complexity index is 1460. The highest BCUT2D eigenvalue weighted by molar-refractivity contribution is 6.40. The lowest BCUT2D eigenvalue weighted by Gasteiger charge is -2.12. The van der Waals surface area contributed by atoms with Crippen molar-refractivity contribution in [3.05, 3.63) is 78.9 Å². The molecule has 2 heterocycles. The SMILES string of the molecule is CC(CO)NCC(=O)Nc1ccc(Cc2nc3n(-c4c(Cl)cc(Cl)cc4Cl)[nH]c(C(C)C)c-3c(=O)n2)cc1. The van der Waals surface area contributed by atoms with Gasteiger partial charge in [0.2, 0.25) is 5.91 Å². The topological polar surface area (TPSA) is 125 Å². The van der Waals surface area contributed by atoms with E-state index < -0.39 is 5.56 Å². The summed E-state index contributed by atoms with van der Waals surface area (Å²) in [5, 5.41) is 19.0. The zero-order chi connectivity index (χ0) is 27.6. The van der Waals surface area contributed by atoms with Crippen molar-refractivity contribution in [2.24, 2.45) is 0 Å². The third-order valence-corrected chi connectivity index (χ3v) is 6.68. The molecule has 0 spiro atoms. The Morgan fingerprint density at radius 2 is 1.74 bits per heavy atom. The van der Waals surface area contributed by atoms with E-state index in [9.17, 15) is 9.59 Å². The van der Waals surface area contributed by atoms with Gasteiger partial charge in [-0.05, 0) is 42.7 Å². The van der Waals surface area contributed by atoms with Crippen molar-refractivity contribution in [1.82, 2.24) is 25.1 Å². The van der Waals surface area contributed by atoms with E-state index in [1.165, 1.54) is 0 Å². The number of amides is 1. The fourth-order valence-electron chi connectivity index (χ4n) is 3.93. The molecule has 2 aliphatic heterocycles. The van der Waals surface area contributed by atoms with Gasteiger partial charge < -0.3 is 15.7 Å². The lowest BCUT2D eigenvalue weighted by Crippen LogP contribution is -2.36. The number of hydrogen-bond acceptors (Lipinski definition) is 6. The number of fused-ring (bicyclic) bond motifs is 1. The van der Waals surface area contributed by atoms with E-state index in [2.05, 4.69) is 20.7 Å². The first-order valence-electron chi connectivity index (χ1n) is 12.0. The molecule has 12 heteroatoms. The molecule has 1 amide bonds. The summed E-state index contributed by atoms with van der Waals surface area (Å²) in [6.45, 7) is 5.73. The molecule has 1 unspecified atom stereocenters. The number of nitrogens with zero attached hydrogens (tertiary/aromatic N) is 3. The van der Waals surface area contributed by atoms with Crippen LogP contribution in [0.25, 0.3) is 17.1 Å². The molecule has 1 atom stereocenters. The van der Waals surface area contributed by atoms with Crippen LogP contribution in [0.5, 0.6) is 0 Å². The molecule has 2 aromatic rings. The summed E-state index contributed by atoms with van der Waals surface area (Å²) < 4.78 is 1.60. The second-order valence-electron chi connectivity index (χ2n) is 9.26. The molecule has 0 saturated heterocycles. The predicted molar refractivity (Wildman–Crippen MR) is 150 cm³/mol. The number of aromatic amines is 1. The number of aliphatic hydroxyl groups excluding tert-OH is 1. The number of aliphatic hydroxyl groups is 1. The average molecular weight is 578 g/mol. The number of rotatable bonds is 9. The molecule has 0 radical (unpaired) electrons. The molecule has 0 bridgehead atoms. The number of anilines is 1. The van der Waals surface area contributed by atoms with Gasteiger partial charge in [-0.3, -0.25) is 14.7 Å². The summed E-state index contributed by atoms with van der Waals surface area (Å²) in [5.41, 5.74) is 2.53. The molecule has 0 saturated carbocycles. The molecule has 0 aliphatic carbocycles. The Morgan fingerprint density at radius 3 is 2.34 bits per heavy atom. The molecule has 200 valence electrons. The van der Waals surface area contributed by atoms with Crippen molar-refractivity contribution in [1.29, 1.82) is 0 Å². The molecular weight excluding hydrogens is 551 g/mol. The molecule has 38 heavy (non-hydrogen) atoms. The number of benzene rings is 2. The Hall–Kier alpha value is -2.95. The van der Waals surface area contributed by atoms with Gasteiger partial charge >= 0.3 is 0 Å². The molecule has 9 nitrogen and oxygen atoms in total. The van der Waals surface area contributed by atoms with Gasteiger partial charge in [0.15, 0.2) is 5.82 Å². The van der Waals surface area contributed by atoms with E-state index in [1.54, 1.807) is 35.9 Å². The van der Waals surface area contributed by atoms with Gasteiger partial charge in [-0.25, -0.2) is 9.67 Å². The largest absolute Gasteiger partial charge is 0.395 e. The third kappa shape index (κ3) is 6.19. The van der Waals surface area contributed by atoms with Gasteiger partial charge in [0, 0.05) is 23.2 Å². The van der Waals surface area contributed by atoms with Crippen LogP contribution >= 0.6 is 34.8 Å². The molecule has 2 aromatic carbocycles. The predicted octanol–water partition coefficient (Wildman–Crippen LogP) is 4.64. The summed E-state index contributed by atoms with van der Waals surface area (Å²) in [6, 6.07) is 10.2. The molecular formula is C26H27Cl3N6O3. The highest BCUT2D eigenvalue weighted by Gasteiger charge is 2.27. The van der Waals surface area contributed by atoms with E-state index in [4.69, 9.17) is 44.9 Å². The number of carbonyl (C=O) groups is 1. The van der Waals surface area contributed by atoms with Gasteiger partial charge in [0.25, 0.3) is 5.56 Å². The zero-order valence-corrected chi connectivity index (χ0v) is 23.2. The van der Waals surface area contributed by atoms with Crippen LogP contribution in [0.2, 0.25) is 15.1 Å². The van der Waals surface area contributed by atoms with Crippen LogP contribution < -0.4 is 16.2 Å². The minimum atomic E-state index is -0.404. The summed E-state index contributed by atoms with van der Waals surface area (Å²) in [5.74, 6) is 0.449. The van der Waals surface area contributed by atoms with Crippen molar-refractivity contribution in [2.45, 2.75) is 39.2 Å². The van der Waals surface area contributed by atoms with Crippen LogP contribution in [0.3, 0.4) is 0 Å². The van der Waals surface area contributed by atoms with Crippen LogP contribution in [0.15, 0.2) is 41.2 Å². The van der Waals surface area contributed by atoms with E-state index in [0.717, 1.165) is 5.56 Å². The minimum absolute atomic E-state index is 0.0180. The van der Waals surface area contributed by atoms with Gasteiger partial charge in [0.05, 0.1) is 28.9 Å². The normalized spacial score (nSPS) is 12.3. The summed E-state index contributed by atoms with van der Waals surface area (Å²) >= 11 is 19.1. The van der Waals surface area contributed by atoms with Crippen molar-refractivity contribution >= 4 is 46.4 Å². The number of carbonyl (C=O) groups excluding carboxylic acids is 1. The first-order chi connectivity index (χ1) is 18.1. The highest BCUT2D eigenvalue weighted by atomic mass is 35.5. The number of halogens is 3. The monoisotopic (exact) mass is 576 g/mol. The lowest BCUT2D eigenvalue weighted by atomic mass is 10.1. The second-order valence-corrected chi connectivity index (χ2v) is 10.5. The van der Waals surface area contributed by atoms with Crippen molar-refractivity contribution < 1.29 is 9.90 Å². The van der Waals surface area contributed by atoms with Gasteiger partial charge in [-0.15, -0.1) is 0 Å². The third-order valence-electron chi connectivity index (χ3n) is 5.88. The Labute approximate surface area is 234 Å². The van der Waals surface area contributed by atoms with Crippen molar-refractivity contribution in [2.75, 3.05) is 18.5 Å². The van der Waals surface area contributed by atoms with Gasteiger partial charge in [0.1, 0.15) is 17.1 Å². The highest BCUT2D eigenvalue weighted by Crippen LogP contribution is 2.36. The number of H-pyrrole nitrogens is 1. The lowest BCUT2D eigenvalue weighted by molar-refractivity contribution is -0.115. The van der Waals surface area contributed by atoms with E-state index in [0.29, 0.717) is 55.8 Å². The number of aromatic nitrogens is 4. The fourth-order valence-corrected chi connectivity index (χ4v) is 4.92. The summed E-state index contributed by atoms with van der Waals surface area (Å²) in [6.07, 6.45) is 0.291. The molecule has 0 aromatic heterocycles. The van der Waals surface area contributed by atoms with Gasteiger partial charge in [-0.2, -0.15) is 4.98 Å². The maximum atomic E-state index is 13.1. The van der Waals surface area contributed by atoms with Gasteiger partial charge in [-0.1, -0.05) is 60.8 Å². The van der Waals surface area contributed by atoms with Crippen LogP contribution in [-0.2, 0) is 11.2 Å². The Morgan fingerprint density at radius 1 is 1.08 bits per heavy atom. The zero-order valence-electron chi connectivity index (χ0n) is 21.0. The molecule has 0 fully saturated rings. The standard InChI is InChI=1S/C26H27Cl3N6O3/c1-13(2)23-22-25(35(34-23)24-18(28)9-16(27)10-19(24)29)32-20(33-26(22)38)8-15-4-6-17(7-5-15)31-21(37)11-30-14(3)12-36/h4-7,9-10,13-14,30,34,36H,8,11-12H2,1-3H3,(H,31,37).